The maximum atomic E-state index is 10.6. The monoisotopic (exact) mass is 277 g/mol. The molecule has 1 aliphatic carbocycles. The quantitative estimate of drug-likeness (QED) is 0.810. The van der Waals surface area contributed by atoms with Crippen LogP contribution in [0.5, 0.6) is 5.75 Å². The van der Waals surface area contributed by atoms with Gasteiger partial charge in [0, 0.05) is 12.6 Å². The molecule has 1 aromatic rings. The van der Waals surface area contributed by atoms with Crippen LogP contribution in [0.2, 0.25) is 0 Å². The van der Waals surface area contributed by atoms with Crippen molar-refractivity contribution in [3.63, 3.8) is 0 Å². The summed E-state index contributed by atoms with van der Waals surface area (Å²) >= 11 is 0. The molecule has 112 valence electrons. The highest BCUT2D eigenvalue weighted by Crippen LogP contribution is 2.27. The molecule has 0 saturated heterocycles. The number of aliphatic hydroxyl groups is 1. The van der Waals surface area contributed by atoms with Crippen LogP contribution in [0.15, 0.2) is 24.3 Å². The molecule has 0 amide bonds. The minimum atomic E-state index is -0.517. The van der Waals surface area contributed by atoms with Crippen LogP contribution < -0.4 is 10.1 Å². The molecule has 0 spiro atoms. The van der Waals surface area contributed by atoms with Crippen LogP contribution in [0.1, 0.15) is 57.1 Å². The van der Waals surface area contributed by atoms with Gasteiger partial charge in [0.2, 0.25) is 0 Å². The van der Waals surface area contributed by atoms with Crippen molar-refractivity contribution in [2.45, 2.75) is 57.1 Å². The summed E-state index contributed by atoms with van der Waals surface area (Å²) in [5.41, 5.74) is 0.708. The molecular weight excluding hydrogens is 250 g/mol. The van der Waals surface area contributed by atoms with Gasteiger partial charge in [-0.2, -0.15) is 0 Å². The van der Waals surface area contributed by atoms with Gasteiger partial charge in [-0.15, -0.1) is 0 Å². The highest BCUT2D eigenvalue weighted by Gasteiger charge is 2.28. The highest BCUT2D eigenvalue weighted by molar-refractivity contribution is 5.28. The molecule has 0 aromatic heterocycles. The average molecular weight is 277 g/mol. The summed E-state index contributed by atoms with van der Waals surface area (Å²) in [5, 5.41) is 14.1. The SMILES string of the molecule is COc1ccc(C(C)NCC2(O)CCCCCC2)cc1. The van der Waals surface area contributed by atoms with Crippen LogP contribution in [0.4, 0.5) is 0 Å². The molecule has 1 fully saturated rings. The van der Waals surface area contributed by atoms with Crippen molar-refractivity contribution < 1.29 is 9.84 Å². The van der Waals surface area contributed by atoms with E-state index in [9.17, 15) is 5.11 Å². The van der Waals surface area contributed by atoms with Gasteiger partial charge in [0.25, 0.3) is 0 Å². The van der Waals surface area contributed by atoms with Crippen molar-refractivity contribution in [3.05, 3.63) is 29.8 Å². The Labute approximate surface area is 122 Å². The zero-order valence-electron chi connectivity index (χ0n) is 12.7. The third-order valence-electron chi connectivity index (χ3n) is 4.39. The Morgan fingerprint density at radius 2 is 1.75 bits per heavy atom. The summed E-state index contributed by atoms with van der Waals surface area (Å²) in [5.74, 6) is 0.878. The van der Waals surface area contributed by atoms with E-state index in [4.69, 9.17) is 4.74 Å². The van der Waals surface area contributed by atoms with Crippen molar-refractivity contribution in [3.8, 4) is 5.75 Å². The largest absolute Gasteiger partial charge is 0.497 e. The maximum absolute atomic E-state index is 10.6. The molecule has 2 N–H and O–H groups in total. The number of nitrogens with one attached hydrogen (secondary N) is 1. The molecule has 1 saturated carbocycles. The zero-order valence-corrected chi connectivity index (χ0v) is 12.7. The second-order valence-corrected chi connectivity index (χ2v) is 6.01. The molecule has 0 heterocycles. The van der Waals surface area contributed by atoms with Gasteiger partial charge in [-0.3, -0.25) is 0 Å². The van der Waals surface area contributed by atoms with Crippen molar-refractivity contribution in [2.75, 3.05) is 13.7 Å². The van der Waals surface area contributed by atoms with Gasteiger partial charge in [0.1, 0.15) is 5.75 Å². The van der Waals surface area contributed by atoms with Crippen LogP contribution >= 0.6 is 0 Å². The van der Waals surface area contributed by atoms with E-state index in [1.54, 1.807) is 7.11 Å². The van der Waals surface area contributed by atoms with Gasteiger partial charge in [-0.05, 0) is 37.5 Å². The molecule has 0 radical (unpaired) electrons. The first-order chi connectivity index (χ1) is 9.63. The van der Waals surface area contributed by atoms with Crippen LogP contribution in [0.3, 0.4) is 0 Å². The van der Waals surface area contributed by atoms with E-state index in [0.29, 0.717) is 6.54 Å². The van der Waals surface area contributed by atoms with E-state index >= 15 is 0 Å². The predicted octanol–water partition coefficient (Wildman–Crippen LogP) is 3.43. The van der Waals surface area contributed by atoms with Crippen molar-refractivity contribution in [2.24, 2.45) is 0 Å². The maximum Gasteiger partial charge on any atom is 0.118 e. The number of methoxy groups -OCH3 is 1. The molecular formula is C17H27NO2. The van der Waals surface area contributed by atoms with Crippen LogP contribution in [0.25, 0.3) is 0 Å². The van der Waals surface area contributed by atoms with E-state index in [2.05, 4.69) is 24.4 Å². The second kappa shape index (κ2) is 7.09. The van der Waals surface area contributed by atoms with E-state index in [0.717, 1.165) is 31.4 Å². The number of hydrogen-bond donors (Lipinski definition) is 2. The standard InChI is InChI=1S/C17H27NO2/c1-14(15-7-9-16(20-2)10-8-15)18-13-17(19)11-5-3-4-6-12-17/h7-10,14,18-19H,3-6,11-13H2,1-2H3. The molecule has 2 rings (SSSR count). The molecule has 20 heavy (non-hydrogen) atoms. The second-order valence-electron chi connectivity index (χ2n) is 6.01. The summed E-state index contributed by atoms with van der Waals surface area (Å²) in [6, 6.07) is 8.36. The van der Waals surface area contributed by atoms with Crippen LogP contribution in [-0.4, -0.2) is 24.4 Å². The molecule has 1 aliphatic rings. The van der Waals surface area contributed by atoms with Gasteiger partial charge in [0.05, 0.1) is 12.7 Å². The molecule has 1 unspecified atom stereocenters. The predicted molar refractivity (Wildman–Crippen MR) is 82.1 cm³/mol. The number of ether oxygens (including phenoxy) is 1. The van der Waals surface area contributed by atoms with Crippen molar-refractivity contribution >= 4 is 0 Å². The normalized spacial score (nSPS) is 20.1. The molecule has 0 aliphatic heterocycles. The van der Waals surface area contributed by atoms with E-state index in [1.165, 1.54) is 18.4 Å². The number of benzene rings is 1. The minimum Gasteiger partial charge on any atom is -0.497 e. The van der Waals surface area contributed by atoms with Crippen molar-refractivity contribution in [1.82, 2.24) is 5.32 Å². The molecule has 1 aromatic carbocycles. The van der Waals surface area contributed by atoms with Crippen LogP contribution in [0, 0.1) is 0 Å². The summed E-state index contributed by atoms with van der Waals surface area (Å²) in [4.78, 5) is 0. The lowest BCUT2D eigenvalue weighted by atomic mass is 9.94. The fourth-order valence-corrected chi connectivity index (χ4v) is 2.92. The summed E-state index contributed by atoms with van der Waals surface area (Å²) < 4.78 is 5.17. The molecule has 3 heteroatoms. The van der Waals surface area contributed by atoms with Crippen molar-refractivity contribution in [1.29, 1.82) is 0 Å². The fourth-order valence-electron chi connectivity index (χ4n) is 2.92. The Bertz CT molecular complexity index is 394. The Morgan fingerprint density at radius 3 is 2.30 bits per heavy atom. The smallest absolute Gasteiger partial charge is 0.118 e. The fraction of sp³-hybridized carbons (Fsp3) is 0.647. The average Bonchev–Trinajstić information content (AvgIpc) is 2.70. The zero-order chi connectivity index (χ0) is 14.4. The third kappa shape index (κ3) is 4.22. The Balaban J connectivity index is 1.88. The topological polar surface area (TPSA) is 41.5 Å². The summed E-state index contributed by atoms with van der Waals surface area (Å²) in [6.45, 7) is 2.82. The number of hydrogen-bond acceptors (Lipinski definition) is 3. The molecule has 1 atom stereocenters. The summed E-state index contributed by atoms with van der Waals surface area (Å²) in [7, 11) is 1.68. The highest BCUT2D eigenvalue weighted by atomic mass is 16.5. The first-order valence-corrected chi connectivity index (χ1v) is 7.73. The lowest BCUT2D eigenvalue weighted by Gasteiger charge is -2.29. The van der Waals surface area contributed by atoms with Gasteiger partial charge in [-0.25, -0.2) is 0 Å². The van der Waals surface area contributed by atoms with Crippen LogP contribution in [-0.2, 0) is 0 Å². The molecule has 0 bridgehead atoms. The Hall–Kier alpha value is -1.06. The minimum absolute atomic E-state index is 0.244. The van der Waals surface area contributed by atoms with Gasteiger partial charge in [-0.1, -0.05) is 37.8 Å². The summed E-state index contributed by atoms with van der Waals surface area (Å²) in [6.07, 6.45) is 6.67. The van der Waals surface area contributed by atoms with E-state index < -0.39 is 5.60 Å². The van der Waals surface area contributed by atoms with Gasteiger partial charge in [0.15, 0.2) is 0 Å². The Morgan fingerprint density at radius 1 is 1.15 bits per heavy atom. The number of rotatable bonds is 5. The van der Waals surface area contributed by atoms with E-state index in [-0.39, 0.29) is 6.04 Å². The lowest BCUT2D eigenvalue weighted by Crippen LogP contribution is -2.41. The molecule has 3 nitrogen and oxygen atoms in total. The Kier molecular flexibility index (Phi) is 5.44. The van der Waals surface area contributed by atoms with E-state index in [1.807, 2.05) is 12.1 Å². The lowest BCUT2D eigenvalue weighted by molar-refractivity contribution is 0.0231. The third-order valence-corrected chi connectivity index (χ3v) is 4.39. The van der Waals surface area contributed by atoms with Gasteiger partial charge >= 0.3 is 0 Å². The van der Waals surface area contributed by atoms with Gasteiger partial charge < -0.3 is 15.2 Å². The first-order valence-electron chi connectivity index (χ1n) is 7.73. The first kappa shape index (κ1) is 15.3.